The van der Waals surface area contributed by atoms with Gasteiger partial charge in [0.1, 0.15) is 16.8 Å². The quantitative estimate of drug-likeness (QED) is 0.221. The van der Waals surface area contributed by atoms with Crippen LogP contribution in [0.15, 0.2) is 70.9 Å². The summed E-state index contributed by atoms with van der Waals surface area (Å²) >= 11 is 18.7. The number of hydrogen-bond acceptors (Lipinski definition) is 8. The van der Waals surface area contributed by atoms with Crippen LogP contribution in [0.5, 0.6) is 0 Å². The van der Waals surface area contributed by atoms with Crippen molar-refractivity contribution >= 4 is 34.8 Å². The molecule has 2 unspecified atom stereocenters. The summed E-state index contributed by atoms with van der Waals surface area (Å²) in [6.45, 7) is 1.01. The summed E-state index contributed by atoms with van der Waals surface area (Å²) in [5.74, 6) is -0.880. The summed E-state index contributed by atoms with van der Waals surface area (Å²) in [4.78, 5) is 19.8. The molecule has 0 aliphatic carbocycles. The van der Waals surface area contributed by atoms with E-state index in [1.807, 2.05) is 4.90 Å². The Morgan fingerprint density at radius 1 is 1.16 bits per heavy atom. The van der Waals surface area contributed by atoms with Crippen LogP contribution in [-0.4, -0.2) is 32.8 Å². The highest BCUT2D eigenvalue weighted by atomic mass is 35.5. The Kier molecular flexibility index (Phi) is 6.47. The summed E-state index contributed by atoms with van der Waals surface area (Å²) in [7, 11) is 0. The van der Waals surface area contributed by atoms with Crippen molar-refractivity contribution in [3.63, 3.8) is 0 Å². The number of hydrogen-bond donors (Lipinski definition) is 0. The first-order valence-corrected chi connectivity index (χ1v) is 12.3. The summed E-state index contributed by atoms with van der Waals surface area (Å²) < 4.78 is 5.60. The zero-order valence-electron chi connectivity index (χ0n) is 19.0. The predicted octanol–water partition coefficient (Wildman–Crippen LogP) is 5.77. The van der Waals surface area contributed by atoms with Crippen molar-refractivity contribution in [1.82, 2.24) is 14.8 Å². The minimum atomic E-state index is -1.95. The molecule has 0 bridgehead atoms. The van der Waals surface area contributed by atoms with E-state index in [0.29, 0.717) is 41.2 Å². The van der Waals surface area contributed by atoms with Gasteiger partial charge in [-0.15, -0.1) is 0 Å². The van der Waals surface area contributed by atoms with Crippen LogP contribution in [0.4, 0.5) is 0 Å². The molecule has 0 N–H and O–H groups in total. The minimum Gasteiger partial charge on any atom is -0.468 e. The van der Waals surface area contributed by atoms with Crippen LogP contribution in [-0.2, 0) is 6.54 Å². The van der Waals surface area contributed by atoms with E-state index in [0.717, 1.165) is 5.56 Å². The normalized spacial score (nSPS) is 20.4. The molecular weight excluding hydrogens is 539 g/mol. The first-order valence-electron chi connectivity index (χ1n) is 11.1. The molecular formula is C25H17Cl3N6O3. The van der Waals surface area contributed by atoms with Gasteiger partial charge in [0.25, 0.3) is 5.70 Å². The Labute approximate surface area is 226 Å². The standard InChI is InChI=1S/C25H17Cl3N6O3/c26-16-4-5-17(18(27)10-16)23-25(13-29,14-30)21(19-2-1-9-37-19)22(34(35)36)24-32(7-8-33(23)24)12-15-3-6-20(28)31-11-15/h1-6,9-11,21,23H,7-8,12H2. The van der Waals surface area contributed by atoms with Gasteiger partial charge in [-0.1, -0.05) is 46.9 Å². The largest absolute Gasteiger partial charge is 0.468 e. The first-order chi connectivity index (χ1) is 17.8. The topological polar surface area (TPSA) is 123 Å². The molecule has 1 saturated heterocycles. The number of allylic oxidation sites excluding steroid dienone is 1. The van der Waals surface area contributed by atoms with Gasteiger partial charge in [0.05, 0.1) is 29.4 Å². The molecule has 9 nitrogen and oxygen atoms in total. The molecule has 37 heavy (non-hydrogen) atoms. The lowest BCUT2D eigenvalue weighted by molar-refractivity contribution is -0.438. The van der Waals surface area contributed by atoms with Crippen LogP contribution in [0.1, 0.15) is 28.8 Å². The number of aromatic nitrogens is 1. The van der Waals surface area contributed by atoms with Gasteiger partial charge in [0, 0.05) is 35.9 Å². The molecule has 0 spiro atoms. The van der Waals surface area contributed by atoms with Gasteiger partial charge in [-0.3, -0.25) is 10.1 Å². The second-order valence-corrected chi connectivity index (χ2v) is 9.91. The maximum Gasteiger partial charge on any atom is 0.299 e. The van der Waals surface area contributed by atoms with Gasteiger partial charge in [-0.2, -0.15) is 10.5 Å². The first kappa shape index (κ1) is 24.9. The number of fused-ring (bicyclic) bond motifs is 1. The summed E-state index contributed by atoms with van der Waals surface area (Å²) in [5.41, 5.74) is -0.993. The third kappa shape index (κ3) is 4.06. The number of nitrogens with zero attached hydrogens (tertiary/aromatic N) is 6. The molecule has 1 aromatic carbocycles. The molecule has 2 aliphatic rings. The fourth-order valence-corrected chi connectivity index (χ4v) is 5.84. The third-order valence-electron chi connectivity index (χ3n) is 6.70. The zero-order chi connectivity index (χ0) is 26.3. The van der Waals surface area contributed by atoms with Crippen molar-refractivity contribution in [2.45, 2.75) is 18.5 Å². The number of benzene rings is 1. The molecule has 2 aromatic heterocycles. The molecule has 5 rings (SSSR count). The molecule has 2 aliphatic heterocycles. The fraction of sp³-hybridized carbons (Fsp3) is 0.240. The number of pyridine rings is 1. The van der Waals surface area contributed by atoms with Crippen molar-refractivity contribution in [3.8, 4) is 12.1 Å². The minimum absolute atomic E-state index is 0.136. The molecule has 2 atom stereocenters. The van der Waals surface area contributed by atoms with Crippen LogP contribution in [0, 0.1) is 38.2 Å². The van der Waals surface area contributed by atoms with E-state index in [9.17, 15) is 20.6 Å². The second-order valence-electron chi connectivity index (χ2n) is 8.68. The van der Waals surface area contributed by atoms with E-state index < -0.39 is 22.3 Å². The molecule has 3 aromatic rings. The summed E-state index contributed by atoms with van der Waals surface area (Å²) in [6, 6.07) is 14.6. The van der Waals surface area contributed by atoms with E-state index in [1.54, 1.807) is 41.4 Å². The van der Waals surface area contributed by atoms with Crippen molar-refractivity contribution in [2.24, 2.45) is 5.41 Å². The van der Waals surface area contributed by atoms with Gasteiger partial charge in [0.15, 0.2) is 11.2 Å². The summed E-state index contributed by atoms with van der Waals surface area (Å²) in [5, 5.41) is 34.7. The average molecular weight is 556 g/mol. The monoisotopic (exact) mass is 554 g/mol. The molecule has 186 valence electrons. The molecule has 0 amide bonds. The van der Waals surface area contributed by atoms with E-state index >= 15 is 0 Å². The van der Waals surface area contributed by atoms with Crippen LogP contribution in [0.25, 0.3) is 0 Å². The number of halogens is 3. The van der Waals surface area contributed by atoms with E-state index in [2.05, 4.69) is 17.1 Å². The lowest BCUT2D eigenvalue weighted by Gasteiger charge is -2.45. The number of nitriles is 2. The number of nitro groups is 1. The van der Waals surface area contributed by atoms with Crippen LogP contribution < -0.4 is 0 Å². The van der Waals surface area contributed by atoms with Gasteiger partial charge >= 0.3 is 0 Å². The highest BCUT2D eigenvalue weighted by Crippen LogP contribution is 2.59. The molecule has 0 radical (unpaired) electrons. The lowest BCUT2D eigenvalue weighted by Crippen LogP contribution is -2.49. The van der Waals surface area contributed by atoms with Crippen molar-refractivity contribution in [2.75, 3.05) is 13.1 Å². The Balaban J connectivity index is 1.78. The Bertz CT molecular complexity index is 1460. The smallest absolute Gasteiger partial charge is 0.299 e. The van der Waals surface area contributed by atoms with Gasteiger partial charge < -0.3 is 14.2 Å². The van der Waals surface area contributed by atoms with E-state index in [4.69, 9.17) is 39.2 Å². The van der Waals surface area contributed by atoms with Gasteiger partial charge in [-0.05, 0) is 41.5 Å². The second kappa shape index (κ2) is 9.60. The highest BCUT2D eigenvalue weighted by molar-refractivity contribution is 6.35. The zero-order valence-corrected chi connectivity index (χ0v) is 21.3. The summed E-state index contributed by atoms with van der Waals surface area (Å²) in [6.07, 6.45) is 2.96. The van der Waals surface area contributed by atoms with E-state index in [-0.39, 0.29) is 16.5 Å². The van der Waals surface area contributed by atoms with Crippen molar-refractivity contribution in [1.29, 1.82) is 10.5 Å². The average Bonchev–Trinajstić information content (AvgIpc) is 3.55. The maximum atomic E-state index is 12.7. The maximum absolute atomic E-state index is 12.7. The number of furan rings is 1. The molecule has 0 saturated carbocycles. The van der Waals surface area contributed by atoms with Gasteiger partial charge in [0.2, 0.25) is 0 Å². The molecule has 1 fully saturated rings. The third-order valence-corrected chi connectivity index (χ3v) is 7.48. The fourth-order valence-electron chi connectivity index (χ4n) is 5.22. The Morgan fingerprint density at radius 2 is 1.95 bits per heavy atom. The van der Waals surface area contributed by atoms with Crippen LogP contribution >= 0.6 is 34.8 Å². The molecule has 4 heterocycles. The molecule has 12 heteroatoms. The van der Waals surface area contributed by atoms with Crippen molar-refractivity contribution in [3.05, 3.63) is 109 Å². The highest BCUT2D eigenvalue weighted by Gasteiger charge is 2.64. The number of rotatable bonds is 5. The van der Waals surface area contributed by atoms with Crippen molar-refractivity contribution < 1.29 is 9.34 Å². The Morgan fingerprint density at radius 3 is 2.54 bits per heavy atom. The Hall–Kier alpha value is -3.76. The van der Waals surface area contributed by atoms with Gasteiger partial charge in [-0.25, -0.2) is 4.98 Å². The SMILES string of the molecule is N#CC1(C#N)C(c2ccco2)C([N+](=O)[O-])=C2N(Cc3ccc(Cl)nc3)CCN2C1c1ccc(Cl)cc1Cl. The van der Waals surface area contributed by atoms with Crippen LogP contribution in [0.3, 0.4) is 0 Å². The lowest BCUT2D eigenvalue weighted by atomic mass is 9.65. The predicted molar refractivity (Wildman–Crippen MR) is 135 cm³/mol. The van der Waals surface area contributed by atoms with E-state index in [1.165, 1.54) is 18.4 Å². The van der Waals surface area contributed by atoms with Crippen LogP contribution in [0.2, 0.25) is 15.2 Å².